The van der Waals surface area contributed by atoms with Gasteiger partial charge in [-0.2, -0.15) is 5.10 Å². The van der Waals surface area contributed by atoms with E-state index in [9.17, 15) is 4.79 Å². The first-order valence-corrected chi connectivity index (χ1v) is 11.5. The van der Waals surface area contributed by atoms with Crippen LogP contribution in [-0.2, 0) is 0 Å². The number of carbonyl (C=O) groups is 1. The highest BCUT2D eigenvalue weighted by atomic mass is 127. The van der Waals surface area contributed by atoms with Crippen LogP contribution in [0.1, 0.15) is 22.8 Å². The van der Waals surface area contributed by atoms with Crippen LogP contribution in [0.15, 0.2) is 77.9 Å². The van der Waals surface area contributed by atoms with Crippen molar-refractivity contribution in [1.82, 2.24) is 10.4 Å². The Morgan fingerprint density at radius 2 is 1.85 bits per heavy atom. The summed E-state index contributed by atoms with van der Waals surface area (Å²) in [6, 6.07) is 22.9. The normalized spacial score (nSPS) is 11.0. The lowest BCUT2D eigenvalue weighted by Crippen LogP contribution is -2.18. The van der Waals surface area contributed by atoms with Gasteiger partial charge < -0.3 is 9.47 Å². The predicted octanol–water partition coefficient (Wildman–Crippen LogP) is 5.68. The van der Waals surface area contributed by atoms with E-state index in [1.54, 1.807) is 19.4 Å². The van der Waals surface area contributed by atoms with E-state index in [-0.39, 0.29) is 5.91 Å². The zero-order valence-electron chi connectivity index (χ0n) is 18.2. The molecule has 1 aromatic heterocycles. The third-order valence-electron chi connectivity index (χ3n) is 4.95. The molecular weight excluding hydrogens is 529 g/mol. The minimum atomic E-state index is -0.310. The second-order valence-corrected chi connectivity index (χ2v) is 8.27. The summed E-state index contributed by atoms with van der Waals surface area (Å²) in [6.45, 7) is 2.43. The molecule has 0 saturated carbocycles. The Morgan fingerprint density at radius 1 is 1.09 bits per heavy atom. The van der Waals surface area contributed by atoms with Crippen molar-refractivity contribution in [3.63, 3.8) is 0 Å². The number of hydrazone groups is 1. The minimum Gasteiger partial charge on any atom is -0.492 e. The molecule has 3 aromatic carbocycles. The molecule has 0 unspecified atom stereocenters. The molecule has 0 aliphatic rings. The molecule has 0 aliphatic heterocycles. The van der Waals surface area contributed by atoms with E-state index in [1.807, 2.05) is 73.7 Å². The van der Waals surface area contributed by atoms with Gasteiger partial charge in [0.25, 0.3) is 5.91 Å². The van der Waals surface area contributed by atoms with Gasteiger partial charge in [-0.1, -0.05) is 48.5 Å². The molecule has 0 aliphatic carbocycles. The van der Waals surface area contributed by atoms with Crippen LogP contribution in [0, 0.1) is 3.57 Å². The number of ether oxygens (including phenoxy) is 2. The van der Waals surface area contributed by atoms with Gasteiger partial charge in [-0.05, 0) is 59.3 Å². The smallest absolute Gasteiger partial charge is 0.272 e. The number of pyridine rings is 1. The molecule has 0 radical (unpaired) electrons. The number of aromatic nitrogens is 1. The molecule has 0 saturated heterocycles. The van der Waals surface area contributed by atoms with Crippen LogP contribution in [0.2, 0.25) is 0 Å². The summed E-state index contributed by atoms with van der Waals surface area (Å²) in [5.41, 5.74) is 6.36. The standard InChI is InChI=1S/C26H22IN3O3/c1-3-33-24-14-17(13-21(27)25(24)32-2)16-28-30-26(31)20-15-23(18-9-5-4-6-10-18)29-22-12-8-7-11-19(20)22/h4-16H,3H2,1-2H3,(H,30,31)/b28-16-. The van der Waals surface area contributed by atoms with E-state index in [0.29, 0.717) is 23.7 Å². The third kappa shape index (κ3) is 5.14. The summed E-state index contributed by atoms with van der Waals surface area (Å²) in [6.07, 6.45) is 1.59. The Kier molecular flexibility index (Phi) is 7.19. The first kappa shape index (κ1) is 22.7. The van der Waals surface area contributed by atoms with Crippen LogP contribution in [0.3, 0.4) is 0 Å². The molecule has 6 nitrogen and oxygen atoms in total. The topological polar surface area (TPSA) is 72.8 Å². The van der Waals surface area contributed by atoms with E-state index in [4.69, 9.17) is 14.5 Å². The predicted molar refractivity (Wildman–Crippen MR) is 139 cm³/mol. The van der Waals surface area contributed by atoms with Gasteiger partial charge in [0.1, 0.15) is 0 Å². The number of rotatable bonds is 7. The fraction of sp³-hybridized carbons (Fsp3) is 0.115. The number of nitrogens with zero attached hydrogens (tertiary/aromatic N) is 2. The average molecular weight is 551 g/mol. The highest BCUT2D eigenvalue weighted by molar-refractivity contribution is 14.1. The Morgan fingerprint density at radius 3 is 2.61 bits per heavy atom. The summed E-state index contributed by atoms with van der Waals surface area (Å²) in [5.74, 6) is 0.998. The van der Waals surface area contributed by atoms with Crippen molar-refractivity contribution in [2.24, 2.45) is 5.10 Å². The van der Waals surface area contributed by atoms with Gasteiger partial charge in [0, 0.05) is 10.9 Å². The van der Waals surface area contributed by atoms with Crippen molar-refractivity contribution in [3.05, 3.63) is 87.5 Å². The largest absolute Gasteiger partial charge is 0.492 e. The molecular formula is C26H22IN3O3. The van der Waals surface area contributed by atoms with Crippen molar-refractivity contribution >= 4 is 45.6 Å². The fourth-order valence-corrected chi connectivity index (χ4v) is 4.31. The number of benzene rings is 3. The van der Waals surface area contributed by atoms with E-state index < -0.39 is 0 Å². The zero-order valence-corrected chi connectivity index (χ0v) is 20.4. The fourth-order valence-electron chi connectivity index (χ4n) is 3.47. The molecule has 0 fully saturated rings. The molecule has 7 heteroatoms. The summed E-state index contributed by atoms with van der Waals surface area (Å²) < 4.78 is 12.0. The summed E-state index contributed by atoms with van der Waals surface area (Å²) in [4.78, 5) is 17.8. The van der Waals surface area contributed by atoms with E-state index in [1.165, 1.54) is 0 Å². The van der Waals surface area contributed by atoms with Gasteiger partial charge in [0.2, 0.25) is 0 Å². The highest BCUT2D eigenvalue weighted by Crippen LogP contribution is 2.33. The lowest BCUT2D eigenvalue weighted by molar-refractivity contribution is 0.0956. The molecule has 4 aromatic rings. The molecule has 1 amide bonds. The van der Waals surface area contributed by atoms with Crippen LogP contribution in [0.4, 0.5) is 0 Å². The summed E-state index contributed by atoms with van der Waals surface area (Å²) in [5, 5.41) is 4.95. The molecule has 166 valence electrons. The molecule has 0 atom stereocenters. The maximum absolute atomic E-state index is 13.1. The summed E-state index contributed by atoms with van der Waals surface area (Å²) >= 11 is 2.18. The van der Waals surface area contributed by atoms with Crippen LogP contribution in [0.25, 0.3) is 22.2 Å². The molecule has 0 spiro atoms. The number of halogens is 1. The van der Waals surface area contributed by atoms with Gasteiger partial charge in [-0.15, -0.1) is 0 Å². The molecule has 1 heterocycles. The third-order valence-corrected chi connectivity index (χ3v) is 5.75. The molecule has 0 bridgehead atoms. The van der Waals surface area contributed by atoms with E-state index in [2.05, 4.69) is 33.1 Å². The van der Waals surface area contributed by atoms with Gasteiger partial charge in [0.05, 0.1) is 40.3 Å². The van der Waals surface area contributed by atoms with E-state index >= 15 is 0 Å². The second-order valence-electron chi connectivity index (χ2n) is 7.10. The SMILES string of the molecule is CCOc1cc(/C=N\NC(=O)c2cc(-c3ccccc3)nc3ccccc23)cc(I)c1OC. The number of carbonyl (C=O) groups excluding carboxylic acids is 1. The Bertz CT molecular complexity index is 1320. The van der Waals surface area contributed by atoms with Crippen molar-refractivity contribution in [2.45, 2.75) is 6.92 Å². The molecule has 1 N–H and O–H groups in total. The van der Waals surface area contributed by atoms with Crippen molar-refractivity contribution in [2.75, 3.05) is 13.7 Å². The molecule has 4 rings (SSSR count). The monoisotopic (exact) mass is 551 g/mol. The Labute approximate surface area is 205 Å². The van der Waals surface area contributed by atoms with Crippen LogP contribution in [-0.4, -0.2) is 30.8 Å². The van der Waals surface area contributed by atoms with Crippen LogP contribution < -0.4 is 14.9 Å². The van der Waals surface area contributed by atoms with Gasteiger partial charge in [0.15, 0.2) is 11.5 Å². The number of hydrogen-bond acceptors (Lipinski definition) is 5. The Hall–Kier alpha value is -3.46. The first-order valence-electron chi connectivity index (χ1n) is 10.4. The number of fused-ring (bicyclic) bond motifs is 1. The quantitative estimate of drug-likeness (QED) is 0.182. The lowest BCUT2D eigenvalue weighted by atomic mass is 10.0. The van der Waals surface area contributed by atoms with Crippen molar-refractivity contribution < 1.29 is 14.3 Å². The van der Waals surface area contributed by atoms with Crippen LogP contribution in [0.5, 0.6) is 11.5 Å². The first-order chi connectivity index (χ1) is 16.1. The van der Waals surface area contributed by atoms with Gasteiger partial charge >= 0.3 is 0 Å². The number of para-hydroxylation sites is 1. The maximum Gasteiger partial charge on any atom is 0.272 e. The highest BCUT2D eigenvalue weighted by Gasteiger charge is 2.14. The maximum atomic E-state index is 13.1. The Balaban J connectivity index is 1.63. The minimum absolute atomic E-state index is 0.310. The average Bonchev–Trinajstić information content (AvgIpc) is 2.84. The van der Waals surface area contributed by atoms with E-state index in [0.717, 1.165) is 31.3 Å². The summed E-state index contributed by atoms with van der Waals surface area (Å²) in [7, 11) is 1.61. The van der Waals surface area contributed by atoms with Gasteiger partial charge in [-0.25, -0.2) is 10.4 Å². The lowest BCUT2D eigenvalue weighted by Gasteiger charge is -2.12. The van der Waals surface area contributed by atoms with Gasteiger partial charge in [-0.3, -0.25) is 4.79 Å². The zero-order chi connectivity index (χ0) is 23.2. The van der Waals surface area contributed by atoms with Crippen molar-refractivity contribution in [1.29, 1.82) is 0 Å². The number of nitrogens with one attached hydrogen (secondary N) is 1. The second kappa shape index (κ2) is 10.4. The number of amides is 1. The number of methoxy groups -OCH3 is 1. The van der Waals surface area contributed by atoms with Crippen molar-refractivity contribution in [3.8, 4) is 22.8 Å². The van der Waals surface area contributed by atoms with Crippen LogP contribution >= 0.6 is 22.6 Å². The number of hydrogen-bond donors (Lipinski definition) is 1. The molecule has 33 heavy (non-hydrogen) atoms.